The molecule has 96 valence electrons. The number of hydrogen-bond acceptors (Lipinski definition) is 1. The van der Waals surface area contributed by atoms with Crippen molar-refractivity contribution >= 4 is 8.32 Å². The van der Waals surface area contributed by atoms with Gasteiger partial charge in [-0.2, -0.15) is 0 Å². The standard InChI is InChI=1S/C14H23FOSi/c1-5-17(6-2,7-3)16-12(4)13-8-10-14(15)11-9-13/h8-12H,5-7H2,1-4H3. The van der Waals surface area contributed by atoms with Crippen molar-refractivity contribution in [3.05, 3.63) is 35.6 Å². The summed E-state index contributed by atoms with van der Waals surface area (Å²) in [5, 5.41) is 0. The van der Waals surface area contributed by atoms with Crippen molar-refractivity contribution in [2.75, 3.05) is 0 Å². The number of rotatable bonds is 6. The Hall–Kier alpha value is -0.673. The van der Waals surface area contributed by atoms with Gasteiger partial charge in [0.15, 0.2) is 8.32 Å². The molecule has 0 aliphatic rings. The van der Waals surface area contributed by atoms with Gasteiger partial charge in [0, 0.05) is 0 Å². The maximum absolute atomic E-state index is 12.9. The quantitative estimate of drug-likeness (QED) is 0.655. The van der Waals surface area contributed by atoms with Gasteiger partial charge in [0.05, 0.1) is 6.10 Å². The van der Waals surface area contributed by atoms with Crippen molar-refractivity contribution in [2.24, 2.45) is 0 Å². The molecule has 0 aliphatic carbocycles. The lowest BCUT2D eigenvalue weighted by Crippen LogP contribution is -2.36. The first kappa shape index (κ1) is 14.4. The molecule has 1 aromatic rings. The molecule has 3 heteroatoms. The van der Waals surface area contributed by atoms with Crippen molar-refractivity contribution < 1.29 is 8.82 Å². The van der Waals surface area contributed by atoms with Gasteiger partial charge in [0.1, 0.15) is 5.82 Å². The maximum Gasteiger partial charge on any atom is 0.192 e. The van der Waals surface area contributed by atoms with E-state index in [2.05, 4.69) is 27.7 Å². The molecule has 0 bridgehead atoms. The molecule has 0 aromatic heterocycles. The van der Waals surface area contributed by atoms with Crippen LogP contribution in [0.15, 0.2) is 24.3 Å². The first-order valence-corrected chi connectivity index (χ1v) is 9.03. The van der Waals surface area contributed by atoms with E-state index >= 15 is 0 Å². The van der Waals surface area contributed by atoms with E-state index in [0.717, 1.165) is 23.7 Å². The van der Waals surface area contributed by atoms with Gasteiger partial charge < -0.3 is 4.43 Å². The molecular weight excluding hydrogens is 231 g/mol. The topological polar surface area (TPSA) is 9.23 Å². The third kappa shape index (κ3) is 3.65. The van der Waals surface area contributed by atoms with E-state index in [0.29, 0.717) is 0 Å². The second-order valence-corrected chi connectivity index (χ2v) is 9.28. The van der Waals surface area contributed by atoms with Gasteiger partial charge in [-0.05, 0) is 42.8 Å². The first-order chi connectivity index (χ1) is 8.06. The van der Waals surface area contributed by atoms with Crippen LogP contribution >= 0.6 is 0 Å². The van der Waals surface area contributed by atoms with E-state index in [4.69, 9.17) is 4.43 Å². The summed E-state index contributed by atoms with van der Waals surface area (Å²) in [5.74, 6) is -0.189. The molecule has 0 fully saturated rings. The largest absolute Gasteiger partial charge is 0.410 e. The highest BCUT2D eigenvalue weighted by Crippen LogP contribution is 2.29. The van der Waals surface area contributed by atoms with Gasteiger partial charge >= 0.3 is 0 Å². The molecule has 0 saturated carbocycles. The minimum absolute atomic E-state index is 0.0714. The Bertz CT molecular complexity index is 324. The molecule has 1 unspecified atom stereocenters. The van der Waals surface area contributed by atoms with Crippen molar-refractivity contribution in [3.63, 3.8) is 0 Å². The maximum atomic E-state index is 12.9. The minimum Gasteiger partial charge on any atom is -0.410 e. The van der Waals surface area contributed by atoms with Crippen LogP contribution in [0.2, 0.25) is 18.1 Å². The van der Waals surface area contributed by atoms with Crippen LogP contribution < -0.4 is 0 Å². The van der Waals surface area contributed by atoms with E-state index in [9.17, 15) is 4.39 Å². The smallest absolute Gasteiger partial charge is 0.192 e. The summed E-state index contributed by atoms with van der Waals surface area (Å²) < 4.78 is 19.2. The third-order valence-corrected chi connectivity index (χ3v) is 8.42. The Morgan fingerprint density at radius 2 is 1.53 bits per heavy atom. The molecule has 17 heavy (non-hydrogen) atoms. The van der Waals surface area contributed by atoms with Crippen molar-refractivity contribution in [2.45, 2.75) is 51.9 Å². The molecule has 0 saturated heterocycles. The van der Waals surface area contributed by atoms with Crippen LogP contribution in [0.4, 0.5) is 4.39 Å². The summed E-state index contributed by atoms with van der Waals surface area (Å²) in [7, 11) is -1.57. The van der Waals surface area contributed by atoms with Crippen LogP contribution in [0.5, 0.6) is 0 Å². The average Bonchev–Trinajstić information content (AvgIpc) is 2.37. The zero-order chi connectivity index (χ0) is 12.9. The van der Waals surface area contributed by atoms with Crippen molar-refractivity contribution in [3.8, 4) is 0 Å². The van der Waals surface area contributed by atoms with E-state index in [1.54, 1.807) is 0 Å². The Morgan fingerprint density at radius 3 is 1.94 bits per heavy atom. The van der Waals surface area contributed by atoms with Crippen LogP contribution in [0, 0.1) is 5.82 Å². The van der Waals surface area contributed by atoms with Gasteiger partial charge in [-0.1, -0.05) is 32.9 Å². The van der Waals surface area contributed by atoms with E-state index in [-0.39, 0.29) is 11.9 Å². The van der Waals surface area contributed by atoms with Gasteiger partial charge in [0.25, 0.3) is 0 Å². The van der Waals surface area contributed by atoms with Gasteiger partial charge in [-0.25, -0.2) is 4.39 Å². The van der Waals surface area contributed by atoms with Crippen LogP contribution in [-0.4, -0.2) is 8.32 Å². The molecule has 1 aromatic carbocycles. The lowest BCUT2D eigenvalue weighted by Gasteiger charge is -2.32. The normalized spacial score (nSPS) is 13.7. The van der Waals surface area contributed by atoms with Gasteiger partial charge in [0.2, 0.25) is 0 Å². The number of benzene rings is 1. The number of hydrogen-bond donors (Lipinski definition) is 0. The third-order valence-electron chi connectivity index (χ3n) is 3.70. The van der Waals surface area contributed by atoms with Crippen LogP contribution in [0.3, 0.4) is 0 Å². The summed E-state index contributed by atoms with van der Waals surface area (Å²) >= 11 is 0. The molecule has 0 aliphatic heterocycles. The fourth-order valence-electron chi connectivity index (χ4n) is 2.18. The zero-order valence-electron chi connectivity index (χ0n) is 11.3. The minimum atomic E-state index is -1.57. The Labute approximate surface area is 105 Å². The van der Waals surface area contributed by atoms with Crippen LogP contribution in [-0.2, 0) is 4.43 Å². The highest BCUT2D eigenvalue weighted by Gasteiger charge is 2.30. The Morgan fingerprint density at radius 1 is 1.06 bits per heavy atom. The van der Waals surface area contributed by atoms with Crippen molar-refractivity contribution in [1.29, 1.82) is 0 Å². The second-order valence-electron chi connectivity index (χ2n) is 4.56. The summed E-state index contributed by atoms with van der Waals surface area (Å²) in [6.45, 7) is 8.72. The summed E-state index contributed by atoms with van der Waals surface area (Å²) in [6.07, 6.45) is 0.0714. The molecule has 0 heterocycles. The first-order valence-electron chi connectivity index (χ1n) is 6.50. The molecular formula is C14H23FOSi. The molecule has 0 amide bonds. The lowest BCUT2D eigenvalue weighted by molar-refractivity contribution is 0.210. The average molecular weight is 254 g/mol. The predicted molar refractivity (Wildman–Crippen MR) is 73.1 cm³/mol. The van der Waals surface area contributed by atoms with E-state index in [1.807, 2.05) is 12.1 Å². The molecule has 0 spiro atoms. The zero-order valence-corrected chi connectivity index (χ0v) is 12.3. The predicted octanol–water partition coefficient (Wildman–Crippen LogP) is 4.91. The lowest BCUT2D eigenvalue weighted by atomic mass is 10.1. The summed E-state index contributed by atoms with van der Waals surface area (Å²) in [4.78, 5) is 0. The highest BCUT2D eigenvalue weighted by atomic mass is 28.4. The fraction of sp³-hybridized carbons (Fsp3) is 0.571. The summed E-state index contributed by atoms with van der Waals surface area (Å²) in [6, 6.07) is 10.1. The Balaban J connectivity index is 2.76. The van der Waals surface area contributed by atoms with Gasteiger partial charge in [-0.15, -0.1) is 0 Å². The highest BCUT2D eigenvalue weighted by molar-refractivity contribution is 6.73. The number of halogens is 1. The van der Waals surface area contributed by atoms with Crippen molar-refractivity contribution in [1.82, 2.24) is 0 Å². The molecule has 1 nitrogen and oxygen atoms in total. The van der Waals surface area contributed by atoms with Gasteiger partial charge in [-0.3, -0.25) is 0 Å². The molecule has 0 radical (unpaired) electrons. The SMILES string of the molecule is CC[Si](CC)(CC)OC(C)c1ccc(F)cc1. The van der Waals surface area contributed by atoms with Crippen LogP contribution in [0.1, 0.15) is 39.4 Å². The summed E-state index contributed by atoms with van der Waals surface area (Å²) in [5.41, 5.74) is 1.07. The molecule has 1 rings (SSSR count). The monoisotopic (exact) mass is 254 g/mol. The van der Waals surface area contributed by atoms with Crippen LogP contribution in [0.25, 0.3) is 0 Å². The van der Waals surface area contributed by atoms with E-state index < -0.39 is 8.32 Å². The fourth-order valence-corrected chi connectivity index (χ4v) is 5.06. The molecule has 0 N–H and O–H groups in total. The Kier molecular flexibility index (Phi) is 5.34. The molecule has 1 atom stereocenters. The second kappa shape index (κ2) is 6.31. The van der Waals surface area contributed by atoms with E-state index in [1.165, 1.54) is 12.1 Å².